The van der Waals surface area contributed by atoms with Gasteiger partial charge in [-0.25, -0.2) is 4.79 Å². The molecule has 0 heterocycles. The van der Waals surface area contributed by atoms with Crippen LogP contribution in [0.2, 0.25) is 10.0 Å². The van der Waals surface area contributed by atoms with E-state index in [9.17, 15) is 9.59 Å². The summed E-state index contributed by atoms with van der Waals surface area (Å²) < 4.78 is 0. The number of carbonyl (C=O) groups excluding carboxylic acids is 2. The summed E-state index contributed by atoms with van der Waals surface area (Å²) in [5.41, 5.74) is 0.600. The number of hydrogen-bond donors (Lipinski definition) is 1. The molecule has 1 aromatic rings. The van der Waals surface area contributed by atoms with Crippen molar-refractivity contribution >= 4 is 40.7 Å². The van der Waals surface area contributed by atoms with Gasteiger partial charge >= 0.3 is 6.03 Å². The Hall–Kier alpha value is -1.26. The molecule has 108 valence electrons. The lowest BCUT2D eigenvalue weighted by molar-refractivity contribution is -0.121. The topological polar surface area (TPSA) is 49.4 Å². The van der Waals surface area contributed by atoms with Gasteiger partial charge in [0.1, 0.15) is 5.78 Å². The average Bonchev–Trinajstić information content (AvgIpc) is 2.43. The number of rotatable bonds is 2. The van der Waals surface area contributed by atoms with Gasteiger partial charge in [-0.05, 0) is 31.0 Å². The molecule has 1 N–H and O–H groups in total. The highest BCUT2D eigenvalue weighted by Crippen LogP contribution is 2.26. The molecule has 0 aromatic heterocycles. The van der Waals surface area contributed by atoms with Crippen LogP contribution in [0.3, 0.4) is 0 Å². The third kappa shape index (κ3) is 3.64. The van der Waals surface area contributed by atoms with Gasteiger partial charge in [0.2, 0.25) is 0 Å². The Morgan fingerprint density at radius 3 is 2.50 bits per heavy atom. The molecule has 0 atom stereocenters. The van der Waals surface area contributed by atoms with Gasteiger partial charge in [0.25, 0.3) is 0 Å². The lowest BCUT2D eigenvalue weighted by Crippen LogP contribution is -2.41. The van der Waals surface area contributed by atoms with E-state index in [1.54, 1.807) is 30.1 Å². The van der Waals surface area contributed by atoms with Gasteiger partial charge in [0.05, 0.1) is 10.0 Å². The molecule has 0 bridgehead atoms. The second-order valence-corrected chi connectivity index (χ2v) is 5.75. The van der Waals surface area contributed by atoms with Crippen LogP contribution in [-0.2, 0) is 4.79 Å². The summed E-state index contributed by atoms with van der Waals surface area (Å²) in [7, 11) is 1.74. The van der Waals surface area contributed by atoms with E-state index in [-0.39, 0.29) is 17.9 Å². The average molecular weight is 315 g/mol. The van der Waals surface area contributed by atoms with Gasteiger partial charge in [-0.1, -0.05) is 23.2 Å². The van der Waals surface area contributed by atoms with Gasteiger partial charge in [-0.3, -0.25) is 4.79 Å². The van der Waals surface area contributed by atoms with Crippen LogP contribution in [0.4, 0.5) is 10.5 Å². The van der Waals surface area contributed by atoms with E-state index in [0.29, 0.717) is 28.6 Å². The molecule has 6 heteroatoms. The maximum atomic E-state index is 12.1. The number of urea groups is 1. The van der Waals surface area contributed by atoms with E-state index in [4.69, 9.17) is 23.2 Å². The zero-order chi connectivity index (χ0) is 14.7. The van der Waals surface area contributed by atoms with Gasteiger partial charge in [0, 0.05) is 31.6 Å². The summed E-state index contributed by atoms with van der Waals surface area (Å²) in [6.45, 7) is 0. The number of anilines is 1. The quantitative estimate of drug-likeness (QED) is 0.898. The molecule has 0 aliphatic heterocycles. The fourth-order valence-corrected chi connectivity index (χ4v) is 2.56. The third-order valence-corrected chi connectivity index (χ3v) is 4.29. The molecule has 0 saturated heterocycles. The normalized spacial score (nSPS) is 16.1. The van der Waals surface area contributed by atoms with Crippen LogP contribution in [-0.4, -0.2) is 29.8 Å². The van der Waals surface area contributed by atoms with Crippen molar-refractivity contribution in [3.8, 4) is 0 Å². The number of amides is 2. The smallest absolute Gasteiger partial charge is 0.321 e. The summed E-state index contributed by atoms with van der Waals surface area (Å²) >= 11 is 11.7. The predicted octanol–water partition coefficient (Wildman–Crippen LogP) is 3.97. The maximum Gasteiger partial charge on any atom is 0.321 e. The van der Waals surface area contributed by atoms with Crippen molar-refractivity contribution in [1.29, 1.82) is 0 Å². The maximum absolute atomic E-state index is 12.1. The highest BCUT2D eigenvalue weighted by atomic mass is 35.5. The molecule has 2 amide bonds. The number of benzene rings is 1. The Labute approximate surface area is 128 Å². The standard InChI is InChI=1S/C14H16Cl2N2O2/c1-18(10-3-5-11(19)6-4-10)14(20)17-9-2-7-12(15)13(16)8-9/h2,7-8,10H,3-6H2,1H3,(H,17,20). The van der Waals surface area contributed by atoms with Crippen molar-refractivity contribution in [3.05, 3.63) is 28.2 Å². The first-order chi connectivity index (χ1) is 9.47. The van der Waals surface area contributed by atoms with Gasteiger partial charge in [-0.2, -0.15) is 0 Å². The van der Waals surface area contributed by atoms with Crippen LogP contribution in [0.25, 0.3) is 0 Å². The second-order valence-electron chi connectivity index (χ2n) is 4.94. The van der Waals surface area contributed by atoms with Crippen molar-refractivity contribution in [2.45, 2.75) is 31.7 Å². The van der Waals surface area contributed by atoms with E-state index in [0.717, 1.165) is 12.8 Å². The first-order valence-electron chi connectivity index (χ1n) is 6.48. The number of Topliss-reactive ketones (excluding diaryl/α,β-unsaturated/α-hetero) is 1. The molecular formula is C14H16Cl2N2O2. The minimum atomic E-state index is -0.206. The molecule has 1 fully saturated rings. The van der Waals surface area contributed by atoms with Crippen LogP contribution in [0.5, 0.6) is 0 Å². The van der Waals surface area contributed by atoms with Crippen LogP contribution in [0.15, 0.2) is 18.2 Å². The molecule has 1 saturated carbocycles. The van der Waals surface area contributed by atoms with E-state index >= 15 is 0 Å². The largest absolute Gasteiger partial charge is 0.325 e. The van der Waals surface area contributed by atoms with E-state index < -0.39 is 0 Å². The first-order valence-corrected chi connectivity index (χ1v) is 7.23. The van der Waals surface area contributed by atoms with E-state index in [2.05, 4.69) is 5.32 Å². The molecule has 0 unspecified atom stereocenters. The zero-order valence-electron chi connectivity index (χ0n) is 11.2. The minimum Gasteiger partial charge on any atom is -0.325 e. The molecule has 1 aliphatic rings. The number of hydrogen-bond acceptors (Lipinski definition) is 2. The first kappa shape index (κ1) is 15.1. The SMILES string of the molecule is CN(C(=O)Nc1ccc(Cl)c(Cl)c1)C1CCC(=O)CC1. The van der Waals surface area contributed by atoms with Gasteiger partial charge < -0.3 is 10.2 Å². The van der Waals surface area contributed by atoms with Crippen molar-refractivity contribution in [2.24, 2.45) is 0 Å². The highest BCUT2D eigenvalue weighted by Gasteiger charge is 2.25. The van der Waals surface area contributed by atoms with Crippen LogP contribution in [0.1, 0.15) is 25.7 Å². The Morgan fingerprint density at radius 1 is 1.25 bits per heavy atom. The monoisotopic (exact) mass is 314 g/mol. The second kappa shape index (κ2) is 6.46. The molecule has 0 spiro atoms. The molecule has 4 nitrogen and oxygen atoms in total. The lowest BCUT2D eigenvalue weighted by Gasteiger charge is -2.30. The Bertz CT molecular complexity index is 524. The summed E-state index contributed by atoms with van der Waals surface area (Å²) in [6, 6.07) is 4.85. The molecule has 1 aliphatic carbocycles. The summed E-state index contributed by atoms with van der Waals surface area (Å²) in [5, 5.41) is 3.62. The number of nitrogens with one attached hydrogen (secondary N) is 1. The fraction of sp³-hybridized carbons (Fsp3) is 0.429. The van der Waals surface area contributed by atoms with Crippen molar-refractivity contribution in [3.63, 3.8) is 0 Å². The van der Waals surface area contributed by atoms with E-state index in [1.807, 2.05) is 0 Å². The number of halogens is 2. The summed E-state index contributed by atoms with van der Waals surface area (Å²) in [5.74, 6) is 0.277. The highest BCUT2D eigenvalue weighted by molar-refractivity contribution is 6.42. The Morgan fingerprint density at radius 2 is 1.90 bits per heavy atom. The Balaban J connectivity index is 1.96. The summed E-state index contributed by atoms with van der Waals surface area (Å²) in [6.07, 6.45) is 2.55. The number of nitrogens with zero attached hydrogens (tertiary/aromatic N) is 1. The molecule has 20 heavy (non-hydrogen) atoms. The van der Waals surface area contributed by atoms with Crippen LogP contribution < -0.4 is 5.32 Å². The van der Waals surface area contributed by atoms with Gasteiger partial charge in [0.15, 0.2) is 0 Å². The van der Waals surface area contributed by atoms with Crippen LogP contribution in [0, 0.1) is 0 Å². The van der Waals surface area contributed by atoms with Gasteiger partial charge in [-0.15, -0.1) is 0 Å². The Kier molecular flexibility index (Phi) is 4.89. The summed E-state index contributed by atoms with van der Waals surface area (Å²) in [4.78, 5) is 25.0. The molecule has 0 radical (unpaired) electrons. The van der Waals surface area contributed by atoms with Crippen LogP contribution >= 0.6 is 23.2 Å². The molecular weight excluding hydrogens is 299 g/mol. The fourth-order valence-electron chi connectivity index (χ4n) is 2.26. The zero-order valence-corrected chi connectivity index (χ0v) is 12.7. The third-order valence-electron chi connectivity index (χ3n) is 3.55. The van der Waals surface area contributed by atoms with Crippen molar-refractivity contribution in [2.75, 3.05) is 12.4 Å². The van der Waals surface area contributed by atoms with Crippen molar-refractivity contribution < 1.29 is 9.59 Å². The number of carbonyl (C=O) groups is 2. The van der Waals surface area contributed by atoms with Crippen molar-refractivity contribution in [1.82, 2.24) is 4.90 Å². The molecule has 1 aromatic carbocycles. The predicted molar refractivity (Wildman–Crippen MR) is 80.5 cm³/mol. The minimum absolute atomic E-state index is 0.107. The number of ketones is 1. The van der Waals surface area contributed by atoms with E-state index in [1.165, 1.54) is 0 Å². The molecule has 2 rings (SSSR count). The lowest BCUT2D eigenvalue weighted by atomic mass is 9.93.